The van der Waals surface area contributed by atoms with E-state index in [1.807, 2.05) is 6.07 Å². The Balaban J connectivity index is 1.42. The average Bonchev–Trinajstić information content (AvgIpc) is 2.88. The van der Waals surface area contributed by atoms with E-state index in [4.69, 9.17) is 5.26 Å². The van der Waals surface area contributed by atoms with Gasteiger partial charge in [0, 0.05) is 58.1 Å². The maximum Gasteiger partial charge on any atom is 0.341 e. The van der Waals surface area contributed by atoms with Crippen molar-refractivity contribution in [3.63, 3.8) is 0 Å². The van der Waals surface area contributed by atoms with Crippen molar-refractivity contribution in [2.75, 3.05) is 44.2 Å². The lowest BCUT2D eigenvalue weighted by Gasteiger charge is -2.38. The molecule has 0 saturated carbocycles. The Morgan fingerprint density at radius 1 is 1.16 bits per heavy atom. The fourth-order valence-electron chi connectivity index (χ4n) is 4.43. The van der Waals surface area contributed by atoms with E-state index >= 15 is 0 Å². The quantitative estimate of drug-likeness (QED) is 0.325. The summed E-state index contributed by atoms with van der Waals surface area (Å²) in [5, 5.41) is 13.6. The molecule has 2 aromatic rings. The van der Waals surface area contributed by atoms with E-state index in [1.165, 1.54) is 15.9 Å². The number of likely N-dealkylation sites (tertiary alicyclic amines) is 1. The van der Waals surface area contributed by atoms with Crippen molar-refractivity contribution >= 4 is 24.6 Å². The Bertz CT molecular complexity index is 1290. The highest BCUT2D eigenvalue weighted by molar-refractivity contribution is 5.94. The molecule has 38 heavy (non-hydrogen) atoms. The largest absolute Gasteiger partial charge is 0.341 e. The summed E-state index contributed by atoms with van der Waals surface area (Å²) in [4.78, 5) is 38.7. The first-order chi connectivity index (χ1) is 18.2. The van der Waals surface area contributed by atoms with Gasteiger partial charge in [-0.3, -0.25) is 4.79 Å². The molecule has 13 heteroatoms. The van der Waals surface area contributed by atoms with Gasteiger partial charge in [-0.15, -0.1) is 0 Å². The minimum Gasteiger partial charge on any atom is -0.337 e. The van der Waals surface area contributed by atoms with Gasteiger partial charge in [0.25, 0.3) is 5.91 Å². The Morgan fingerprint density at radius 2 is 1.82 bits per heavy atom. The fourth-order valence-corrected chi connectivity index (χ4v) is 4.43. The van der Waals surface area contributed by atoms with E-state index in [-0.39, 0.29) is 43.4 Å². The third-order valence-corrected chi connectivity index (χ3v) is 6.41. The van der Waals surface area contributed by atoms with Gasteiger partial charge in [0.15, 0.2) is 11.5 Å². The van der Waals surface area contributed by atoms with E-state index in [0.717, 1.165) is 35.0 Å². The van der Waals surface area contributed by atoms with Crippen LogP contribution in [0, 0.1) is 28.8 Å². The van der Waals surface area contributed by atoms with Crippen molar-refractivity contribution in [3.8, 4) is 6.07 Å². The summed E-state index contributed by atoms with van der Waals surface area (Å²) in [6, 6.07) is 3.77. The molecular weight excluding hydrogens is 501 g/mol. The first kappa shape index (κ1) is 26.6. The number of nitrogens with zero attached hydrogens (tertiary/aromatic N) is 8. The molecule has 1 atom stereocenters. The molecule has 1 aromatic heterocycles. The molecule has 10 nitrogen and oxygen atoms in total. The number of halogens is 3. The highest BCUT2D eigenvalue weighted by Crippen LogP contribution is 2.28. The van der Waals surface area contributed by atoms with Crippen molar-refractivity contribution in [2.45, 2.75) is 19.4 Å². The SMILES string of the molecule is C=NN(C(=O)N1CCN(c2ncc(F)c(C(=O)N3CC(=CC#N)C3)n2)CC1)[C@@H](CC)c1cc(F)cc(F)c1. The number of piperazine rings is 1. The van der Waals surface area contributed by atoms with Gasteiger partial charge < -0.3 is 14.7 Å². The van der Waals surface area contributed by atoms with Crippen LogP contribution in [0.25, 0.3) is 0 Å². The van der Waals surface area contributed by atoms with Gasteiger partial charge in [0.05, 0.1) is 18.3 Å². The van der Waals surface area contributed by atoms with Crippen LogP contribution in [-0.2, 0) is 0 Å². The minimum absolute atomic E-state index is 0.149. The number of carbonyl (C=O) groups excluding carboxylic acids is 2. The molecule has 3 heterocycles. The number of amides is 3. The molecule has 2 aliphatic rings. The fraction of sp³-hybridized carbons (Fsp3) is 0.360. The Hall–Kier alpha value is -4.47. The zero-order valence-corrected chi connectivity index (χ0v) is 20.6. The average molecular weight is 527 g/mol. The second-order valence-corrected chi connectivity index (χ2v) is 8.83. The molecule has 0 radical (unpaired) electrons. The molecule has 2 fully saturated rings. The second-order valence-electron chi connectivity index (χ2n) is 8.83. The predicted molar refractivity (Wildman–Crippen MR) is 132 cm³/mol. The monoisotopic (exact) mass is 526 g/mol. The van der Waals surface area contributed by atoms with Gasteiger partial charge in [0.2, 0.25) is 5.95 Å². The number of aromatic nitrogens is 2. The van der Waals surface area contributed by atoms with Crippen LogP contribution in [-0.4, -0.2) is 82.7 Å². The van der Waals surface area contributed by atoms with E-state index in [1.54, 1.807) is 11.8 Å². The van der Waals surface area contributed by atoms with Crippen molar-refractivity contribution < 1.29 is 22.8 Å². The molecule has 4 rings (SSSR count). The number of carbonyl (C=O) groups is 2. The molecule has 198 valence electrons. The normalized spacial score (nSPS) is 15.9. The standard InChI is InChI=1S/C25H25F3N8O2/c1-3-21(17-10-18(26)12-19(27)11-17)36(30-2)25(38)34-8-6-33(7-9-34)24-31-13-20(28)22(32-24)23(37)35-14-16(15-35)4-5-29/h4,10-13,21H,2-3,6-9,14-15H2,1H3/t21-/m0/s1. The van der Waals surface area contributed by atoms with Crippen LogP contribution in [0.15, 0.2) is 41.1 Å². The number of urea groups is 1. The third-order valence-electron chi connectivity index (χ3n) is 6.41. The van der Waals surface area contributed by atoms with Gasteiger partial charge in [-0.25, -0.2) is 32.9 Å². The van der Waals surface area contributed by atoms with Gasteiger partial charge in [-0.1, -0.05) is 6.92 Å². The Kier molecular flexibility index (Phi) is 7.90. The maximum absolute atomic E-state index is 14.4. The van der Waals surface area contributed by atoms with Gasteiger partial charge >= 0.3 is 6.03 Å². The van der Waals surface area contributed by atoms with Crippen molar-refractivity contribution in [2.24, 2.45) is 5.10 Å². The summed E-state index contributed by atoms with van der Waals surface area (Å²) < 4.78 is 42.0. The summed E-state index contributed by atoms with van der Waals surface area (Å²) in [6.07, 6.45) is 2.64. The van der Waals surface area contributed by atoms with Crippen LogP contribution in [0.5, 0.6) is 0 Å². The van der Waals surface area contributed by atoms with Gasteiger partial charge in [-0.2, -0.15) is 10.4 Å². The topological polar surface area (TPSA) is 109 Å². The molecule has 2 saturated heterocycles. The van der Waals surface area contributed by atoms with Crippen LogP contribution >= 0.6 is 0 Å². The van der Waals surface area contributed by atoms with Crippen molar-refractivity contribution in [1.29, 1.82) is 5.26 Å². The zero-order chi connectivity index (χ0) is 27.4. The lowest BCUT2D eigenvalue weighted by atomic mass is 10.0. The van der Waals surface area contributed by atoms with Gasteiger partial charge in [-0.05, 0) is 29.7 Å². The van der Waals surface area contributed by atoms with Crippen LogP contribution < -0.4 is 4.90 Å². The third kappa shape index (κ3) is 5.44. The number of hydrogen-bond donors (Lipinski definition) is 0. The minimum atomic E-state index is -0.850. The highest BCUT2D eigenvalue weighted by Gasteiger charge is 2.33. The molecule has 0 unspecified atom stereocenters. The first-order valence-electron chi connectivity index (χ1n) is 11.9. The van der Waals surface area contributed by atoms with Crippen LogP contribution in [0.3, 0.4) is 0 Å². The first-order valence-corrected chi connectivity index (χ1v) is 11.9. The number of anilines is 1. The summed E-state index contributed by atoms with van der Waals surface area (Å²) in [5.41, 5.74) is 0.672. The molecule has 0 aliphatic carbocycles. The molecule has 1 aromatic carbocycles. The van der Waals surface area contributed by atoms with Crippen LogP contribution in [0.2, 0.25) is 0 Å². The van der Waals surface area contributed by atoms with E-state index in [0.29, 0.717) is 19.5 Å². The number of nitriles is 1. The van der Waals surface area contributed by atoms with E-state index < -0.39 is 35.4 Å². The number of hydrogen-bond acceptors (Lipinski definition) is 7. The van der Waals surface area contributed by atoms with Crippen LogP contribution in [0.4, 0.5) is 23.9 Å². The van der Waals surface area contributed by atoms with Crippen LogP contribution in [0.1, 0.15) is 35.4 Å². The maximum atomic E-state index is 14.4. The summed E-state index contributed by atoms with van der Waals surface area (Å²) >= 11 is 0. The summed E-state index contributed by atoms with van der Waals surface area (Å²) in [5.74, 6) is -2.81. The number of allylic oxidation sites excluding steroid dienone is 1. The summed E-state index contributed by atoms with van der Waals surface area (Å²) in [6.45, 7) is 6.76. The smallest absolute Gasteiger partial charge is 0.337 e. The number of benzene rings is 1. The molecular formula is C25H25F3N8O2. The van der Waals surface area contributed by atoms with Crippen molar-refractivity contribution in [1.82, 2.24) is 24.8 Å². The van der Waals surface area contributed by atoms with Crippen molar-refractivity contribution in [3.05, 3.63) is 64.8 Å². The number of rotatable bonds is 6. The molecule has 0 N–H and O–H groups in total. The predicted octanol–water partition coefficient (Wildman–Crippen LogP) is 3.11. The van der Waals surface area contributed by atoms with Gasteiger partial charge in [0.1, 0.15) is 11.6 Å². The molecule has 2 aliphatic heterocycles. The van der Waals surface area contributed by atoms with E-state index in [2.05, 4.69) is 21.8 Å². The zero-order valence-electron chi connectivity index (χ0n) is 20.6. The van der Waals surface area contributed by atoms with E-state index in [9.17, 15) is 22.8 Å². The Morgan fingerprint density at radius 3 is 2.39 bits per heavy atom. The molecule has 0 spiro atoms. The highest BCUT2D eigenvalue weighted by atomic mass is 19.1. The second kappa shape index (κ2) is 11.3. The lowest BCUT2D eigenvalue weighted by molar-refractivity contribution is 0.0715. The summed E-state index contributed by atoms with van der Waals surface area (Å²) in [7, 11) is 0. The molecule has 0 bridgehead atoms. The lowest BCUT2D eigenvalue weighted by Crippen LogP contribution is -2.53. The number of hydrazone groups is 1. The Labute approximate surface area is 217 Å². The molecule has 3 amide bonds.